The van der Waals surface area contributed by atoms with Gasteiger partial charge in [0.05, 0.1) is 10.00 Å². The summed E-state index contributed by atoms with van der Waals surface area (Å²) in [5.74, 6) is 0. The van der Waals surface area contributed by atoms with Gasteiger partial charge in [-0.1, -0.05) is 12.2 Å². The number of sulfone groups is 1. The Morgan fingerprint density at radius 2 is 1.92 bits per heavy atom. The highest BCUT2D eigenvalue weighted by molar-refractivity contribution is 7.93. The van der Waals surface area contributed by atoms with Gasteiger partial charge in [-0.3, -0.25) is 0 Å². The molecule has 1 rings (SSSR count). The smallest absolute Gasteiger partial charge is 0.161 e. The topological polar surface area (TPSA) is 34.1 Å². The van der Waals surface area contributed by atoms with Gasteiger partial charge < -0.3 is 0 Å². The molecule has 0 aromatic heterocycles. The van der Waals surface area contributed by atoms with Crippen molar-refractivity contribution in [2.75, 3.05) is 0 Å². The first-order valence-corrected chi connectivity index (χ1v) is 5.80. The SMILES string of the molecule is CC(C)(C)S(=O)(=O)[C@@H]1C=CCC1. The normalized spacial score (nSPS) is 24.8. The van der Waals surface area contributed by atoms with E-state index >= 15 is 0 Å². The Morgan fingerprint density at radius 3 is 2.25 bits per heavy atom. The van der Waals surface area contributed by atoms with Crippen molar-refractivity contribution in [2.24, 2.45) is 0 Å². The summed E-state index contributed by atoms with van der Waals surface area (Å²) in [7, 11) is -2.96. The molecule has 0 bridgehead atoms. The molecule has 0 aromatic carbocycles. The van der Waals surface area contributed by atoms with Crippen LogP contribution in [0.5, 0.6) is 0 Å². The Bertz CT molecular complexity index is 280. The quantitative estimate of drug-likeness (QED) is 0.589. The van der Waals surface area contributed by atoms with Gasteiger partial charge in [-0.15, -0.1) is 0 Å². The van der Waals surface area contributed by atoms with Gasteiger partial charge in [0.25, 0.3) is 0 Å². The van der Waals surface area contributed by atoms with Crippen LogP contribution in [0.3, 0.4) is 0 Å². The van der Waals surface area contributed by atoms with Crippen LogP contribution in [0.25, 0.3) is 0 Å². The summed E-state index contributed by atoms with van der Waals surface area (Å²) in [4.78, 5) is 0. The lowest BCUT2D eigenvalue weighted by molar-refractivity contribution is 0.551. The summed E-state index contributed by atoms with van der Waals surface area (Å²) in [6.07, 6.45) is 5.44. The second-order valence-corrected chi connectivity index (χ2v) is 7.12. The van der Waals surface area contributed by atoms with E-state index in [2.05, 4.69) is 0 Å². The molecule has 0 aromatic rings. The first-order valence-electron chi connectivity index (χ1n) is 4.26. The Labute approximate surface area is 74.6 Å². The van der Waals surface area contributed by atoms with Crippen LogP contribution in [-0.2, 0) is 9.84 Å². The lowest BCUT2D eigenvalue weighted by Crippen LogP contribution is -2.35. The van der Waals surface area contributed by atoms with Gasteiger partial charge in [0.1, 0.15) is 0 Å². The summed E-state index contributed by atoms with van der Waals surface area (Å²) in [5.41, 5.74) is 0. The fourth-order valence-corrected chi connectivity index (χ4v) is 2.99. The lowest BCUT2D eigenvalue weighted by atomic mass is 10.3. The predicted octanol–water partition coefficient (Wildman–Crippen LogP) is 1.92. The second-order valence-electron chi connectivity index (χ2n) is 4.20. The highest BCUT2D eigenvalue weighted by atomic mass is 32.2. The number of hydrogen-bond acceptors (Lipinski definition) is 2. The van der Waals surface area contributed by atoms with Crippen molar-refractivity contribution in [3.63, 3.8) is 0 Å². The molecule has 1 atom stereocenters. The minimum Gasteiger partial charge on any atom is -0.228 e. The molecule has 0 spiro atoms. The van der Waals surface area contributed by atoms with E-state index in [0.29, 0.717) is 0 Å². The molecule has 0 heterocycles. The van der Waals surface area contributed by atoms with Gasteiger partial charge in [0.2, 0.25) is 0 Å². The van der Waals surface area contributed by atoms with E-state index in [0.717, 1.165) is 12.8 Å². The fourth-order valence-electron chi connectivity index (χ4n) is 1.32. The second kappa shape index (κ2) is 2.87. The zero-order chi connectivity index (χ0) is 9.41. The number of rotatable bonds is 1. The van der Waals surface area contributed by atoms with Crippen molar-refractivity contribution in [1.82, 2.24) is 0 Å². The Morgan fingerprint density at radius 1 is 1.33 bits per heavy atom. The van der Waals surface area contributed by atoms with Gasteiger partial charge in [0.15, 0.2) is 9.84 Å². The highest BCUT2D eigenvalue weighted by Crippen LogP contribution is 2.27. The maximum atomic E-state index is 11.8. The minimum absolute atomic E-state index is 0.238. The van der Waals surface area contributed by atoms with Crippen molar-refractivity contribution in [3.05, 3.63) is 12.2 Å². The summed E-state index contributed by atoms with van der Waals surface area (Å²) >= 11 is 0. The molecule has 1 aliphatic rings. The van der Waals surface area contributed by atoms with Crippen molar-refractivity contribution >= 4 is 9.84 Å². The first-order chi connectivity index (χ1) is 5.36. The van der Waals surface area contributed by atoms with Crippen molar-refractivity contribution in [3.8, 4) is 0 Å². The van der Waals surface area contributed by atoms with E-state index in [4.69, 9.17) is 0 Å². The average molecular weight is 188 g/mol. The third-order valence-corrected chi connectivity index (χ3v) is 5.12. The maximum absolute atomic E-state index is 11.8. The summed E-state index contributed by atoms with van der Waals surface area (Å²) in [6.45, 7) is 5.28. The van der Waals surface area contributed by atoms with Crippen LogP contribution in [0.15, 0.2) is 12.2 Å². The van der Waals surface area contributed by atoms with E-state index in [1.807, 2.05) is 12.2 Å². The van der Waals surface area contributed by atoms with Gasteiger partial charge in [0, 0.05) is 0 Å². The average Bonchev–Trinajstić information content (AvgIpc) is 2.34. The summed E-state index contributed by atoms with van der Waals surface area (Å²) in [5, 5.41) is -0.238. The monoisotopic (exact) mass is 188 g/mol. The Balaban J connectivity index is 2.94. The van der Waals surface area contributed by atoms with Crippen LogP contribution >= 0.6 is 0 Å². The van der Waals surface area contributed by atoms with Crippen molar-refractivity contribution in [1.29, 1.82) is 0 Å². The molecule has 12 heavy (non-hydrogen) atoms. The van der Waals surface area contributed by atoms with Crippen LogP contribution in [0.4, 0.5) is 0 Å². The molecule has 0 aliphatic heterocycles. The standard InChI is InChI=1S/C9H16O2S/c1-9(2,3)12(10,11)8-6-4-5-7-8/h4,6,8H,5,7H2,1-3H3/t8-/m1/s1. The molecule has 2 nitrogen and oxygen atoms in total. The zero-order valence-corrected chi connectivity index (χ0v) is 8.69. The van der Waals surface area contributed by atoms with Crippen LogP contribution in [-0.4, -0.2) is 18.4 Å². The third kappa shape index (κ3) is 1.56. The molecule has 0 saturated heterocycles. The number of hydrogen-bond donors (Lipinski definition) is 0. The highest BCUT2D eigenvalue weighted by Gasteiger charge is 2.36. The van der Waals surface area contributed by atoms with Gasteiger partial charge in [-0.25, -0.2) is 8.42 Å². The summed E-state index contributed by atoms with van der Waals surface area (Å²) in [6, 6.07) is 0. The van der Waals surface area contributed by atoms with E-state index < -0.39 is 14.6 Å². The third-order valence-electron chi connectivity index (χ3n) is 2.22. The van der Waals surface area contributed by atoms with E-state index in [1.165, 1.54) is 0 Å². The van der Waals surface area contributed by atoms with E-state index in [9.17, 15) is 8.42 Å². The summed E-state index contributed by atoms with van der Waals surface area (Å²) < 4.78 is 23.0. The minimum atomic E-state index is -2.96. The molecular weight excluding hydrogens is 172 g/mol. The van der Waals surface area contributed by atoms with Crippen LogP contribution in [0, 0.1) is 0 Å². The molecule has 0 N–H and O–H groups in total. The van der Waals surface area contributed by atoms with E-state index in [1.54, 1.807) is 20.8 Å². The largest absolute Gasteiger partial charge is 0.228 e. The van der Waals surface area contributed by atoms with E-state index in [-0.39, 0.29) is 5.25 Å². The van der Waals surface area contributed by atoms with Crippen LogP contribution in [0.1, 0.15) is 33.6 Å². The molecule has 3 heteroatoms. The van der Waals surface area contributed by atoms with Crippen LogP contribution < -0.4 is 0 Å². The Kier molecular flexibility index (Phi) is 2.34. The Hall–Kier alpha value is -0.310. The lowest BCUT2D eigenvalue weighted by Gasteiger charge is -2.22. The number of allylic oxidation sites excluding steroid dienone is 1. The molecular formula is C9H16O2S. The van der Waals surface area contributed by atoms with Gasteiger partial charge >= 0.3 is 0 Å². The maximum Gasteiger partial charge on any atom is 0.161 e. The zero-order valence-electron chi connectivity index (χ0n) is 7.87. The van der Waals surface area contributed by atoms with Crippen molar-refractivity contribution < 1.29 is 8.42 Å². The molecule has 1 aliphatic carbocycles. The molecule has 0 radical (unpaired) electrons. The van der Waals surface area contributed by atoms with Gasteiger partial charge in [-0.05, 0) is 33.6 Å². The molecule has 0 saturated carbocycles. The molecule has 70 valence electrons. The predicted molar refractivity (Wildman–Crippen MR) is 50.8 cm³/mol. The van der Waals surface area contributed by atoms with Gasteiger partial charge in [-0.2, -0.15) is 0 Å². The molecule has 0 unspecified atom stereocenters. The molecule has 0 fully saturated rings. The first kappa shape index (κ1) is 9.78. The fraction of sp³-hybridized carbons (Fsp3) is 0.778. The van der Waals surface area contributed by atoms with Crippen molar-refractivity contribution in [2.45, 2.75) is 43.6 Å². The molecule has 0 amide bonds. The van der Waals surface area contributed by atoms with Crippen LogP contribution in [0.2, 0.25) is 0 Å².